The van der Waals surface area contributed by atoms with Gasteiger partial charge in [0.05, 0.1) is 0 Å². The molecular formula is C19H19ClN2O2. The summed E-state index contributed by atoms with van der Waals surface area (Å²) in [5, 5.41) is 6.51. The maximum absolute atomic E-state index is 12.3. The van der Waals surface area contributed by atoms with Gasteiger partial charge < -0.3 is 10.6 Å². The fourth-order valence-corrected chi connectivity index (χ4v) is 2.91. The van der Waals surface area contributed by atoms with Gasteiger partial charge in [0.1, 0.15) is 0 Å². The third-order valence-corrected chi connectivity index (χ3v) is 4.38. The lowest BCUT2D eigenvalue weighted by atomic mass is 10.1. The molecule has 0 bridgehead atoms. The van der Waals surface area contributed by atoms with E-state index in [9.17, 15) is 9.59 Å². The lowest BCUT2D eigenvalue weighted by Crippen LogP contribution is -2.26. The van der Waals surface area contributed by atoms with Gasteiger partial charge in [-0.15, -0.1) is 0 Å². The van der Waals surface area contributed by atoms with Crippen LogP contribution in [0.25, 0.3) is 0 Å². The number of carbonyl (C=O) groups excluding carboxylic acids is 2. The van der Waals surface area contributed by atoms with Gasteiger partial charge in [-0.25, -0.2) is 0 Å². The largest absolute Gasteiger partial charge is 0.352 e. The molecule has 0 radical (unpaired) electrons. The lowest BCUT2D eigenvalue weighted by molar-refractivity contribution is -0.119. The quantitative estimate of drug-likeness (QED) is 0.876. The highest BCUT2D eigenvalue weighted by Crippen LogP contribution is 2.41. The Morgan fingerprint density at radius 3 is 2.58 bits per heavy atom. The number of benzene rings is 2. The average molecular weight is 343 g/mol. The van der Waals surface area contributed by atoms with Gasteiger partial charge in [0.2, 0.25) is 5.91 Å². The normalized spacial score (nSPS) is 18.8. The molecule has 0 saturated heterocycles. The van der Waals surface area contributed by atoms with Crippen LogP contribution in [0.4, 0.5) is 0 Å². The zero-order chi connectivity index (χ0) is 17.1. The second-order valence-corrected chi connectivity index (χ2v) is 6.52. The lowest BCUT2D eigenvalue weighted by Gasteiger charge is -2.07. The van der Waals surface area contributed by atoms with E-state index in [2.05, 4.69) is 10.6 Å². The van der Waals surface area contributed by atoms with Gasteiger partial charge in [-0.05, 0) is 41.8 Å². The van der Waals surface area contributed by atoms with E-state index in [1.807, 2.05) is 36.4 Å². The van der Waals surface area contributed by atoms with Crippen LogP contribution in [0.2, 0.25) is 5.02 Å². The number of hydrogen-bond donors (Lipinski definition) is 2. The number of hydrogen-bond acceptors (Lipinski definition) is 2. The summed E-state index contributed by atoms with van der Waals surface area (Å²) in [6.45, 7) is 1.95. The standard InChI is InChI=1S/C19H19ClN2O2/c1-12(23)21-11-13-5-7-14(8-6-13)19(24)22-18-10-17(18)15-3-2-4-16(20)9-15/h2-9,17-18H,10-11H2,1H3,(H,21,23)(H,22,24)/t17-,18-/m1/s1. The molecule has 1 aliphatic carbocycles. The molecule has 2 atom stereocenters. The molecule has 124 valence electrons. The van der Waals surface area contributed by atoms with Crippen molar-refractivity contribution in [2.75, 3.05) is 0 Å². The highest BCUT2D eigenvalue weighted by Gasteiger charge is 2.39. The number of halogens is 1. The molecule has 1 fully saturated rings. The molecule has 5 heteroatoms. The minimum Gasteiger partial charge on any atom is -0.352 e. The zero-order valence-electron chi connectivity index (χ0n) is 13.4. The Morgan fingerprint density at radius 2 is 1.92 bits per heavy atom. The van der Waals surface area contributed by atoms with Gasteiger partial charge in [-0.1, -0.05) is 35.9 Å². The first kappa shape index (κ1) is 16.5. The van der Waals surface area contributed by atoms with E-state index >= 15 is 0 Å². The Kier molecular flexibility index (Phi) is 4.86. The van der Waals surface area contributed by atoms with E-state index in [0.717, 1.165) is 17.0 Å². The van der Waals surface area contributed by atoms with Crippen molar-refractivity contribution in [3.8, 4) is 0 Å². The van der Waals surface area contributed by atoms with E-state index in [-0.39, 0.29) is 17.9 Å². The second-order valence-electron chi connectivity index (χ2n) is 6.08. The molecule has 4 nitrogen and oxygen atoms in total. The first-order valence-electron chi connectivity index (χ1n) is 7.92. The summed E-state index contributed by atoms with van der Waals surface area (Å²) >= 11 is 6.01. The predicted molar refractivity (Wildman–Crippen MR) is 94.0 cm³/mol. The Labute approximate surface area is 146 Å². The van der Waals surface area contributed by atoms with Crippen molar-refractivity contribution in [2.24, 2.45) is 0 Å². The van der Waals surface area contributed by atoms with Crippen molar-refractivity contribution in [3.63, 3.8) is 0 Å². The van der Waals surface area contributed by atoms with Gasteiger partial charge in [0, 0.05) is 36.0 Å². The van der Waals surface area contributed by atoms with Crippen LogP contribution in [-0.4, -0.2) is 17.9 Å². The smallest absolute Gasteiger partial charge is 0.251 e. The first-order valence-corrected chi connectivity index (χ1v) is 8.30. The molecule has 3 rings (SSSR count). The van der Waals surface area contributed by atoms with Gasteiger partial charge in [-0.2, -0.15) is 0 Å². The Hall–Kier alpha value is -2.33. The third kappa shape index (κ3) is 4.15. The summed E-state index contributed by atoms with van der Waals surface area (Å²) in [4.78, 5) is 23.2. The highest BCUT2D eigenvalue weighted by molar-refractivity contribution is 6.30. The minimum atomic E-state index is -0.0735. The molecule has 0 aliphatic heterocycles. The fourth-order valence-electron chi connectivity index (χ4n) is 2.71. The van der Waals surface area contributed by atoms with Gasteiger partial charge >= 0.3 is 0 Å². The molecule has 2 N–H and O–H groups in total. The topological polar surface area (TPSA) is 58.2 Å². The fraction of sp³-hybridized carbons (Fsp3) is 0.263. The molecule has 1 aliphatic rings. The van der Waals surface area contributed by atoms with E-state index in [1.54, 1.807) is 12.1 Å². The van der Waals surface area contributed by atoms with Crippen molar-refractivity contribution in [1.82, 2.24) is 10.6 Å². The molecule has 0 unspecified atom stereocenters. The summed E-state index contributed by atoms with van der Waals surface area (Å²) in [5.41, 5.74) is 2.75. The van der Waals surface area contributed by atoms with Crippen LogP contribution < -0.4 is 10.6 Å². The van der Waals surface area contributed by atoms with Crippen LogP contribution in [0.5, 0.6) is 0 Å². The van der Waals surface area contributed by atoms with E-state index in [4.69, 9.17) is 11.6 Å². The van der Waals surface area contributed by atoms with Gasteiger partial charge in [0.15, 0.2) is 0 Å². The van der Waals surface area contributed by atoms with Crippen LogP contribution in [0.3, 0.4) is 0 Å². The van der Waals surface area contributed by atoms with Crippen molar-refractivity contribution in [2.45, 2.75) is 31.8 Å². The van der Waals surface area contributed by atoms with Crippen molar-refractivity contribution >= 4 is 23.4 Å². The van der Waals surface area contributed by atoms with Crippen LogP contribution in [0.15, 0.2) is 48.5 Å². The zero-order valence-corrected chi connectivity index (χ0v) is 14.1. The molecule has 24 heavy (non-hydrogen) atoms. The van der Waals surface area contributed by atoms with Crippen LogP contribution >= 0.6 is 11.6 Å². The monoisotopic (exact) mass is 342 g/mol. The van der Waals surface area contributed by atoms with Crippen LogP contribution in [0.1, 0.15) is 40.7 Å². The molecule has 0 spiro atoms. The molecule has 2 aromatic rings. The maximum atomic E-state index is 12.3. The number of nitrogens with one attached hydrogen (secondary N) is 2. The summed E-state index contributed by atoms with van der Waals surface area (Å²) < 4.78 is 0. The van der Waals surface area contributed by atoms with E-state index in [1.165, 1.54) is 12.5 Å². The first-order chi connectivity index (χ1) is 11.5. The van der Waals surface area contributed by atoms with E-state index < -0.39 is 0 Å². The summed E-state index contributed by atoms with van der Waals surface area (Å²) in [6, 6.07) is 15.2. The molecule has 2 aromatic carbocycles. The van der Waals surface area contributed by atoms with Crippen molar-refractivity contribution in [1.29, 1.82) is 0 Å². The Balaban J connectivity index is 1.55. The number of amides is 2. The number of carbonyl (C=O) groups is 2. The summed E-state index contributed by atoms with van der Waals surface area (Å²) in [7, 11) is 0. The Bertz CT molecular complexity index is 758. The maximum Gasteiger partial charge on any atom is 0.251 e. The average Bonchev–Trinajstić information content (AvgIpc) is 3.32. The van der Waals surface area contributed by atoms with Crippen molar-refractivity contribution in [3.05, 3.63) is 70.2 Å². The SMILES string of the molecule is CC(=O)NCc1ccc(C(=O)N[C@@H]2C[C@@H]2c2cccc(Cl)c2)cc1. The molecule has 2 amide bonds. The third-order valence-electron chi connectivity index (χ3n) is 4.14. The minimum absolute atomic E-state index is 0.0717. The van der Waals surface area contributed by atoms with E-state index in [0.29, 0.717) is 18.0 Å². The van der Waals surface area contributed by atoms with Gasteiger partial charge in [0.25, 0.3) is 5.91 Å². The highest BCUT2D eigenvalue weighted by atomic mass is 35.5. The molecule has 0 aromatic heterocycles. The number of rotatable bonds is 5. The second kappa shape index (κ2) is 7.05. The summed E-state index contributed by atoms with van der Waals surface area (Å²) in [5.74, 6) is 0.194. The predicted octanol–water partition coefficient (Wildman–Crippen LogP) is 3.26. The molecule has 0 heterocycles. The molecule has 1 saturated carbocycles. The van der Waals surface area contributed by atoms with Crippen LogP contribution in [-0.2, 0) is 11.3 Å². The molecular weight excluding hydrogens is 324 g/mol. The van der Waals surface area contributed by atoms with Crippen molar-refractivity contribution < 1.29 is 9.59 Å². The Morgan fingerprint density at radius 1 is 1.17 bits per heavy atom. The summed E-state index contributed by atoms with van der Waals surface area (Å²) in [6.07, 6.45) is 0.937. The van der Waals surface area contributed by atoms with Crippen LogP contribution in [0, 0.1) is 0 Å². The van der Waals surface area contributed by atoms with Gasteiger partial charge in [-0.3, -0.25) is 9.59 Å².